The number of rotatable bonds is 8. The van der Waals surface area contributed by atoms with Gasteiger partial charge in [-0.15, -0.1) is 0 Å². The first-order valence-corrected chi connectivity index (χ1v) is 12.8. The highest BCUT2D eigenvalue weighted by molar-refractivity contribution is 7.89. The molecule has 2 heterocycles. The van der Waals surface area contributed by atoms with Crippen LogP contribution in [0.4, 0.5) is 0 Å². The van der Waals surface area contributed by atoms with Crippen LogP contribution in [-0.2, 0) is 27.8 Å². The molecule has 4 rings (SSSR count). The van der Waals surface area contributed by atoms with Gasteiger partial charge in [-0.3, -0.25) is 9.69 Å². The summed E-state index contributed by atoms with van der Waals surface area (Å²) in [5.41, 5.74) is 2.33. The lowest BCUT2D eigenvalue weighted by atomic mass is 10.1. The quantitative estimate of drug-likeness (QED) is 0.633. The predicted octanol–water partition coefficient (Wildman–Crippen LogP) is 2.24. The van der Waals surface area contributed by atoms with E-state index in [0.717, 1.165) is 25.2 Å². The number of amides is 1. The Kier molecular flexibility index (Phi) is 7.64. The van der Waals surface area contributed by atoms with Crippen LogP contribution in [0.5, 0.6) is 5.75 Å². The molecule has 0 spiro atoms. The van der Waals surface area contributed by atoms with Gasteiger partial charge in [0.2, 0.25) is 10.0 Å². The summed E-state index contributed by atoms with van der Waals surface area (Å²) in [4.78, 5) is 17.1. The molecule has 0 unspecified atom stereocenters. The van der Waals surface area contributed by atoms with Crippen molar-refractivity contribution < 1.29 is 22.7 Å². The van der Waals surface area contributed by atoms with E-state index in [2.05, 4.69) is 21.8 Å². The zero-order valence-electron chi connectivity index (χ0n) is 19.0. The van der Waals surface area contributed by atoms with Crippen molar-refractivity contribution in [2.24, 2.45) is 0 Å². The fourth-order valence-corrected chi connectivity index (χ4v) is 5.22. The Balaban J connectivity index is 1.43. The van der Waals surface area contributed by atoms with Crippen LogP contribution in [0.15, 0.2) is 47.4 Å². The van der Waals surface area contributed by atoms with Gasteiger partial charge in [0.15, 0.2) is 0 Å². The van der Waals surface area contributed by atoms with Crippen molar-refractivity contribution in [2.45, 2.75) is 30.8 Å². The van der Waals surface area contributed by atoms with Crippen LogP contribution < -0.4 is 9.46 Å². The highest BCUT2D eigenvalue weighted by Crippen LogP contribution is 2.24. The fraction of sp³-hybridized carbons (Fsp3) is 0.458. The average Bonchev–Trinajstić information content (AvgIpc) is 3.36. The van der Waals surface area contributed by atoms with Crippen molar-refractivity contribution in [1.82, 2.24) is 14.5 Å². The number of likely N-dealkylation sites (tertiary alicyclic amines) is 1. The SMILES string of the molecule is COc1ccc(S(=O)(=O)NCc2ccc(CN3CCCC3)cc2)cc1C(=O)N1CCOCC1. The Hall–Kier alpha value is -2.46. The minimum Gasteiger partial charge on any atom is -0.496 e. The lowest BCUT2D eigenvalue weighted by Gasteiger charge is -2.27. The molecule has 0 atom stereocenters. The van der Waals surface area contributed by atoms with Gasteiger partial charge >= 0.3 is 0 Å². The van der Waals surface area contributed by atoms with E-state index < -0.39 is 10.0 Å². The van der Waals surface area contributed by atoms with E-state index >= 15 is 0 Å². The summed E-state index contributed by atoms with van der Waals surface area (Å²) in [6.45, 7) is 5.23. The molecule has 0 aliphatic carbocycles. The number of ether oxygens (including phenoxy) is 2. The largest absolute Gasteiger partial charge is 0.496 e. The fourth-order valence-electron chi connectivity index (χ4n) is 4.18. The second-order valence-electron chi connectivity index (χ2n) is 8.39. The van der Waals surface area contributed by atoms with Gasteiger partial charge in [0.05, 0.1) is 30.8 Å². The first-order chi connectivity index (χ1) is 16.0. The Morgan fingerprint density at radius 3 is 2.33 bits per heavy atom. The number of sulfonamides is 1. The van der Waals surface area contributed by atoms with Gasteiger partial charge in [-0.2, -0.15) is 0 Å². The molecule has 2 aliphatic rings. The summed E-state index contributed by atoms with van der Waals surface area (Å²) in [6, 6.07) is 12.4. The van der Waals surface area contributed by atoms with E-state index in [9.17, 15) is 13.2 Å². The summed E-state index contributed by atoms with van der Waals surface area (Å²) in [5.74, 6) is 0.0832. The van der Waals surface area contributed by atoms with Gasteiger partial charge in [-0.25, -0.2) is 13.1 Å². The second kappa shape index (κ2) is 10.6. The summed E-state index contributed by atoms with van der Waals surface area (Å²) in [5, 5.41) is 0. The van der Waals surface area contributed by atoms with E-state index in [1.807, 2.05) is 12.1 Å². The first kappa shape index (κ1) is 23.7. The zero-order chi connectivity index (χ0) is 23.3. The van der Waals surface area contributed by atoms with Crippen LogP contribution >= 0.6 is 0 Å². The molecule has 9 heteroatoms. The van der Waals surface area contributed by atoms with Crippen LogP contribution in [0.25, 0.3) is 0 Å². The summed E-state index contributed by atoms with van der Waals surface area (Å²) in [6.07, 6.45) is 2.51. The second-order valence-corrected chi connectivity index (χ2v) is 10.2. The number of nitrogens with one attached hydrogen (secondary N) is 1. The van der Waals surface area contributed by atoms with Crippen molar-refractivity contribution in [3.8, 4) is 5.75 Å². The van der Waals surface area contributed by atoms with Gasteiger partial charge in [0.25, 0.3) is 5.91 Å². The number of nitrogens with zero attached hydrogens (tertiary/aromatic N) is 2. The molecule has 33 heavy (non-hydrogen) atoms. The summed E-state index contributed by atoms with van der Waals surface area (Å²) >= 11 is 0. The number of carbonyl (C=O) groups excluding carboxylic acids is 1. The molecule has 178 valence electrons. The van der Waals surface area contributed by atoms with Gasteiger partial charge in [0, 0.05) is 26.2 Å². The number of carbonyl (C=O) groups is 1. The average molecular weight is 474 g/mol. The van der Waals surface area contributed by atoms with Crippen molar-refractivity contribution in [2.75, 3.05) is 46.5 Å². The van der Waals surface area contributed by atoms with Crippen LogP contribution in [0.3, 0.4) is 0 Å². The Morgan fingerprint density at radius 1 is 1.00 bits per heavy atom. The van der Waals surface area contributed by atoms with Gasteiger partial charge in [-0.1, -0.05) is 24.3 Å². The van der Waals surface area contributed by atoms with Gasteiger partial charge in [-0.05, 0) is 55.3 Å². The van der Waals surface area contributed by atoms with Crippen molar-refractivity contribution >= 4 is 15.9 Å². The first-order valence-electron chi connectivity index (χ1n) is 11.3. The number of hydrogen-bond donors (Lipinski definition) is 1. The number of methoxy groups -OCH3 is 1. The number of hydrogen-bond acceptors (Lipinski definition) is 6. The van der Waals surface area contributed by atoms with E-state index in [0.29, 0.717) is 32.1 Å². The monoisotopic (exact) mass is 473 g/mol. The third kappa shape index (κ3) is 5.92. The van der Waals surface area contributed by atoms with Crippen LogP contribution in [-0.4, -0.2) is 70.6 Å². The molecule has 1 N–H and O–H groups in total. The maximum atomic E-state index is 13.0. The Bertz CT molecular complexity index is 1060. The predicted molar refractivity (Wildman–Crippen MR) is 125 cm³/mol. The molecule has 2 aromatic rings. The standard InChI is InChI=1S/C24H31N3O5S/c1-31-23-9-8-21(16-22(23)24(28)27-12-14-32-15-13-27)33(29,30)25-17-19-4-6-20(7-5-19)18-26-10-2-3-11-26/h4-9,16,25H,2-3,10-15,17-18H2,1H3. The molecule has 2 aliphatic heterocycles. The smallest absolute Gasteiger partial charge is 0.257 e. The van der Waals surface area contributed by atoms with Crippen LogP contribution in [0.1, 0.15) is 34.3 Å². The van der Waals surface area contributed by atoms with E-state index in [1.165, 1.54) is 43.7 Å². The molecule has 8 nitrogen and oxygen atoms in total. The molecule has 2 aromatic carbocycles. The lowest BCUT2D eigenvalue weighted by molar-refractivity contribution is 0.0300. The van der Waals surface area contributed by atoms with Crippen molar-refractivity contribution in [3.05, 3.63) is 59.2 Å². The maximum absolute atomic E-state index is 13.0. The minimum absolute atomic E-state index is 0.0329. The van der Waals surface area contributed by atoms with Crippen LogP contribution in [0.2, 0.25) is 0 Å². The highest BCUT2D eigenvalue weighted by atomic mass is 32.2. The van der Waals surface area contributed by atoms with E-state index in [1.54, 1.807) is 4.90 Å². The number of morpholine rings is 1. The normalized spacial score (nSPS) is 17.3. The summed E-state index contributed by atoms with van der Waals surface area (Å²) in [7, 11) is -2.34. The molecular weight excluding hydrogens is 442 g/mol. The third-order valence-electron chi connectivity index (χ3n) is 6.10. The molecular formula is C24H31N3O5S. The zero-order valence-corrected chi connectivity index (χ0v) is 19.8. The molecule has 0 bridgehead atoms. The maximum Gasteiger partial charge on any atom is 0.257 e. The molecule has 2 saturated heterocycles. The molecule has 0 aromatic heterocycles. The van der Waals surface area contributed by atoms with Crippen molar-refractivity contribution in [1.29, 1.82) is 0 Å². The molecule has 0 saturated carbocycles. The Morgan fingerprint density at radius 2 is 1.67 bits per heavy atom. The van der Waals surface area contributed by atoms with Crippen LogP contribution in [0, 0.1) is 0 Å². The molecule has 0 radical (unpaired) electrons. The lowest BCUT2D eigenvalue weighted by Crippen LogP contribution is -2.40. The summed E-state index contributed by atoms with van der Waals surface area (Å²) < 4.78 is 39.2. The van der Waals surface area contributed by atoms with E-state index in [-0.39, 0.29) is 22.9 Å². The third-order valence-corrected chi connectivity index (χ3v) is 7.50. The van der Waals surface area contributed by atoms with Crippen molar-refractivity contribution in [3.63, 3.8) is 0 Å². The van der Waals surface area contributed by atoms with Gasteiger partial charge < -0.3 is 14.4 Å². The molecule has 1 amide bonds. The topological polar surface area (TPSA) is 88.2 Å². The Labute approximate surface area is 195 Å². The van der Waals surface area contributed by atoms with E-state index in [4.69, 9.17) is 9.47 Å². The van der Waals surface area contributed by atoms with Gasteiger partial charge in [0.1, 0.15) is 5.75 Å². The highest BCUT2D eigenvalue weighted by Gasteiger charge is 2.24. The minimum atomic E-state index is -3.81. The molecule has 2 fully saturated rings. The number of benzene rings is 2.